The van der Waals surface area contributed by atoms with Gasteiger partial charge in [-0.1, -0.05) is 0 Å². The molecule has 138 valence electrons. The van der Waals surface area contributed by atoms with Crippen LogP contribution in [0.3, 0.4) is 0 Å². The molecule has 0 radical (unpaired) electrons. The van der Waals surface area contributed by atoms with Gasteiger partial charge in [0.05, 0.1) is 5.69 Å². The second-order valence-electron chi connectivity index (χ2n) is 7.77. The summed E-state index contributed by atoms with van der Waals surface area (Å²) in [7, 11) is 1.89. The van der Waals surface area contributed by atoms with Crippen LogP contribution in [0.15, 0.2) is 0 Å². The highest BCUT2D eigenvalue weighted by molar-refractivity contribution is 5.76. The van der Waals surface area contributed by atoms with Crippen LogP contribution < -0.4 is 0 Å². The molecule has 1 aromatic rings. The molecule has 2 N–H and O–H groups in total. The lowest BCUT2D eigenvalue weighted by Crippen LogP contribution is -2.44. The first-order valence-electron chi connectivity index (χ1n) is 9.03. The van der Waals surface area contributed by atoms with Gasteiger partial charge in [-0.05, 0) is 51.1 Å². The summed E-state index contributed by atoms with van der Waals surface area (Å²) in [5.41, 5.74) is 3.23. The van der Waals surface area contributed by atoms with E-state index in [0.29, 0.717) is 19.3 Å². The summed E-state index contributed by atoms with van der Waals surface area (Å²) < 4.78 is 0. The number of aromatic nitrogens is 2. The van der Waals surface area contributed by atoms with Crippen molar-refractivity contribution in [3.05, 3.63) is 17.0 Å². The second kappa shape index (κ2) is 6.78. The highest BCUT2D eigenvalue weighted by atomic mass is 16.4. The van der Waals surface area contributed by atoms with Crippen LogP contribution in [0.5, 0.6) is 0 Å². The van der Waals surface area contributed by atoms with Gasteiger partial charge in [0.1, 0.15) is 6.04 Å². The quantitative estimate of drug-likeness (QED) is 0.857. The van der Waals surface area contributed by atoms with Gasteiger partial charge in [0.2, 0.25) is 5.91 Å². The summed E-state index contributed by atoms with van der Waals surface area (Å²) in [5, 5.41) is 16.6. The number of nitrogens with zero attached hydrogens (tertiary/aromatic N) is 3. The fourth-order valence-corrected chi connectivity index (χ4v) is 4.30. The number of carbonyl (C=O) groups is 2. The molecule has 1 aromatic heterocycles. The van der Waals surface area contributed by atoms with Crippen LogP contribution in [-0.4, -0.2) is 69.7 Å². The maximum Gasteiger partial charge on any atom is 0.320 e. The van der Waals surface area contributed by atoms with Gasteiger partial charge in [0, 0.05) is 38.2 Å². The molecular weight excluding hydrogens is 320 g/mol. The zero-order valence-electron chi connectivity index (χ0n) is 15.3. The van der Waals surface area contributed by atoms with Crippen LogP contribution >= 0.6 is 0 Å². The minimum Gasteiger partial charge on any atom is -0.480 e. The second-order valence-corrected chi connectivity index (χ2v) is 7.77. The standard InChI is InChI=1S/C18H28N4O3/c1-12-13(2)19-20-14(12)4-5-16(23)22-8-6-18(7-9-22)10-15(17(24)25)21(3)11-18/h15H,4-11H2,1-3H3,(H,19,20)(H,24,25). The van der Waals surface area contributed by atoms with Gasteiger partial charge in [0.25, 0.3) is 0 Å². The highest BCUT2D eigenvalue weighted by Gasteiger charge is 2.47. The first kappa shape index (κ1) is 17.9. The minimum atomic E-state index is -0.734. The maximum absolute atomic E-state index is 12.5. The molecule has 7 heteroatoms. The van der Waals surface area contributed by atoms with Gasteiger partial charge in [-0.15, -0.1) is 0 Å². The van der Waals surface area contributed by atoms with Crippen LogP contribution in [0, 0.1) is 19.3 Å². The predicted molar refractivity (Wildman–Crippen MR) is 93.3 cm³/mol. The zero-order chi connectivity index (χ0) is 18.2. The SMILES string of the molecule is Cc1[nH]nc(CCC(=O)N2CCC3(CC2)CC(C(=O)O)N(C)C3)c1C. The summed E-state index contributed by atoms with van der Waals surface area (Å²) in [6, 6.07) is -0.381. The Kier molecular flexibility index (Phi) is 4.86. The molecule has 25 heavy (non-hydrogen) atoms. The number of likely N-dealkylation sites (tertiary alicyclic amines) is 2. The number of H-pyrrole nitrogens is 1. The summed E-state index contributed by atoms with van der Waals surface area (Å²) in [6.45, 7) is 6.30. The van der Waals surface area contributed by atoms with E-state index in [1.807, 2.05) is 30.7 Å². The third-order valence-corrected chi connectivity index (χ3v) is 6.13. The van der Waals surface area contributed by atoms with Crippen molar-refractivity contribution in [2.75, 3.05) is 26.7 Å². The molecule has 1 spiro atoms. The van der Waals surface area contributed by atoms with Gasteiger partial charge >= 0.3 is 5.97 Å². The molecule has 0 bridgehead atoms. The first-order valence-corrected chi connectivity index (χ1v) is 9.03. The smallest absolute Gasteiger partial charge is 0.320 e. The van der Waals surface area contributed by atoms with Crippen LogP contribution in [0.4, 0.5) is 0 Å². The van der Waals surface area contributed by atoms with Crippen molar-refractivity contribution >= 4 is 11.9 Å². The molecule has 2 fully saturated rings. The van der Waals surface area contributed by atoms with E-state index in [1.54, 1.807) is 0 Å². The number of rotatable bonds is 4. The summed E-state index contributed by atoms with van der Waals surface area (Å²) in [6.07, 6.45) is 3.64. The monoisotopic (exact) mass is 348 g/mol. The van der Waals surface area contributed by atoms with Crippen LogP contribution in [0.2, 0.25) is 0 Å². The van der Waals surface area contributed by atoms with Crippen molar-refractivity contribution < 1.29 is 14.7 Å². The fraction of sp³-hybridized carbons (Fsp3) is 0.722. The Balaban J connectivity index is 1.51. The maximum atomic E-state index is 12.5. The molecule has 3 rings (SSSR count). The number of piperidine rings is 1. The van der Waals surface area contributed by atoms with E-state index in [1.165, 1.54) is 0 Å². The summed E-state index contributed by atoms with van der Waals surface area (Å²) >= 11 is 0. The number of aromatic amines is 1. The van der Waals surface area contributed by atoms with Crippen molar-refractivity contribution in [1.82, 2.24) is 20.0 Å². The predicted octanol–water partition coefficient (Wildman–Crippen LogP) is 1.36. The molecule has 2 aliphatic heterocycles. The van der Waals surface area contributed by atoms with Crippen LogP contribution in [-0.2, 0) is 16.0 Å². The lowest BCUT2D eigenvalue weighted by molar-refractivity contribution is -0.142. The Labute approximate surface area is 148 Å². The number of nitrogens with one attached hydrogen (secondary N) is 1. The number of carboxylic acids is 1. The molecule has 2 aliphatic rings. The number of aryl methyl sites for hydroxylation is 2. The zero-order valence-corrected chi connectivity index (χ0v) is 15.3. The lowest BCUT2D eigenvalue weighted by Gasteiger charge is -2.39. The minimum absolute atomic E-state index is 0.0600. The largest absolute Gasteiger partial charge is 0.480 e. The molecule has 7 nitrogen and oxygen atoms in total. The van der Waals surface area contributed by atoms with E-state index in [4.69, 9.17) is 0 Å². The van der Waals surface area contributed by atoms with E-state index in [2.05, 4.69) is 10.2 Å². The average molecular weight is 348 g/mol. The van der Waals surface area contributed by atoms with Crippen LogP contribution in [0.1, 0.15) is 42.6 Å². The number of amides is 1. The van der Waals surface area contributed by atoms with Gasteiger partial charge in [0.15, 0.2) is 0 Å². The van der Waals surface area contributed by atoms with Crippen molar-refractivity contribution in [1.29, 1.82) is 0 Å². The molecule has 1 atom stereocenters. The van der Waals surface area contributed by atoms with Crippen molar-refractivity contribution in [2.24, 2.45) is 5.41 Å². The number of likely N-dealkylation sites (N-methyl/N-ethyl adjacent to an activating group) is 1. The van der Waals surface area contributed by atoms with Crippen LogP contribution in [0.25, 0.3) is 0 Å². The van der Waals surface area contributed by atoms with Gasteiger partial charge in [-0.2, -0.15) is 5.10 Å². The Morgan fingerprint density at radius 2 is 2.00 bits per heavy atom. The highest BCUT2D eigenvalue weighted by Crippen LogP contribution is 2.42. The van der Waals surface area contributed by atoms with Crippen molar-refractivity contribution in [2.45, 2.75) is 52.0 Å². The van der Waals surface area contributed by atoms with E-state index < -0.39 is 5.97 Å². The molecule has 3 heterocycles. The normalized spacial score (nSPS) is 23.3. The third-order valence-electron chi connectivity index (χ3n) is 6.13. The van der Waals surface area contributed by atoms with Gasteiger partial charge in [-0.3, -0.25) is 19.6 Å². The summed E-state index contributed by atoms with van der Waals surface area (Å²) in [5.74, 6) is -0.557. The van der Waals surface area contributed by atoms with E-state index in [9.17, 15) is 14.7 Å². The average Bonchev–Trinajstić information content (AvgIpc) is 3.07. The van der Waals surface area contributed by atoms with E-state index in [-0.39, 0.29) is 17.4 Å². The Hall–Kier alpha value is -1.89. The van der Waals surface area contributed by atoms with Crippen molar-refractivity contribution in [3.63, 3.8) is 0 Å². The molecule has 0 aliphatic carbocycles. The third kappa shape index (κ3) is 3.56. The number of hydrogen-bond donors (Lipinski definition) is 2. The first-order chi connectivity index (χ1) is 11.8. The number of hydrogen-bond acceptors (Lipinski definition) is 4. The van der Waals surface area contributed by atoms with Gasteiger partial charge < -0.3 is 10.0 Å². The molecule has 0 aromatic carbocycles. The molecule has 1 amide bonds. The number of carboxylic acid groups (broad SMARTS) is 1. The molecule has 2 saturated heterocycles. The number of carbonyl (C=O) groups excluding carboxylic acids is 1. The summed E-state index contributed by atoms with van der Waals surface area (Å²) in [4.78, 5) is 27.7. The van der Waals surface area contributed by atoms with Crippen molar-refractivity contribution in [3.8, 4) is 0 Å². The van der Waals surface area contributed by atoms with Gasteiger partial charge in [-0.25, -0.2) is 0 Å². The Bertz CT molecular complexity index is 661. The molecule has 0 saturated carbocycles. The Morgan fingerprint density at radius 3 is 2.52 bits per heavy atom. The van der Waals surface area contributed by atoms with E-state index >= 15 is 0 Å². The molecule has 1 unspecified atom stereocenters. The molecular formula is C18H28N4O3. The fourth-order valence-electron chi connectivity index (χ4n) is 4.30. The lowest BCUT2D eigenvalue weighted by atomic mass is 9.76. The Morgan fingerprint density at radius 1 is 1.32 bits per heavy atom. The topological polar surface area (TPSA) is 89.5 Å². The van der Waals surface area contributed by atoms with E-state index in [0.717, 1.165) is 49.4 Å². The number of aliphatic carboxylic acids is 1.